The second-order valence-corrected chi connectivity index (χ2v) is 8.15. The first kappa shape index (κ1) is 21.0. The number of aromatic nitrogens is 3. The van der Waals surface area contributed by atoms with Crippen LogP contribution in [0.4, 0.5) is 10.9 Å². The molecule has 0 bridgehead atoms. The van der Waals surface area contributed by atoms with Crippen molar-refractivity contribution in [2.75, 3.05) is 23.3 Å². The maximum atomic E-state index is 12.9. The van der Waals surface area contributed by atoms with Gasteiger partial charge in [-0.25, -0.2) is 4.98 Å². The van der Waals surface area contributed by atoms with Gasteiger partial charge in [-0.2, -0.15) is 0 Å². The number of benzene rings is 1. The highest BCUT2D eigenvalue weighted by atomic mass is 35.5. The fraction of sp³-hybridized carbons (Fsp3) is 0.250. The summed E-state index contributed by atoms with van der Waals surface area (Å²) >= 11 is 7.00. The average Bonchev–Trinajstić information content (AvgIpc) is 3.22. The van der Waals surface area contributed by atoms with Crippen molar-refractivity contribution in [3.05, 3.63) is 58.7 Å². The predicted octanol–water partition coefficient (Wildman–Crippen LogP) is 2.74. The fourth-order valence-electron chi connectivity index (χ4n) is 3.08. The zero-order valence-electron chi connectivity index (χ0n) is 16.5. The van der Waals surface area contributed by atoms with Gasteiger partial charge in [-0.3, -0.25) is 14.9 Å². The van der Waals surface area contributed by atoms with Crippen molar-refractivity contribution in [3.63, 3.8) is 0 Å². The van der Waals surface area contributed by atoms with E-state index in [1.807, 2.05) is 17.0 Å². The molecular weight excluding hydrogens is 440 g/mol. The number of rotatable bonds is 6. The third kappa shape index (κ3) is 4.92. The lowest BCUT2D eigenvalue weighted by molar-refractivity contribution is -0.122. The van der Waals surface area contributed by atoms with Crippen molar-refractivity contribution in [2.45, 2.75) is 19.6 Å². The highest BCUT2D eigenvalue weighted by Gasteiger charge is 2.29. The molecule has 1 aromatic carbocycles. The molecular formula is C20H19ClN6O3S. The fourth-order valence-corrected chi connectivity index (χ4v) is 3.80. The van der Waals surface area contributed by atoms with E-state index in [0.29, 0.717) is 46.4 Å². The van der Waals surface area contributed by atoms with E-state index in [4.69, 9.17) is 16.3 Å². The quantitative estimate of drug-likeness (QED) is 0.584. The minimum atomic E-state index is -0.426. The van der Waals surface area contributed by atoms with E-state index >= 15 is 0 Å². The molecule has 0 radical (unpaired) electrons. The second-order valence-electron chi connectivity index (χ2n) is 6.78. The number of halogens is 1. The van der Waals surface area contributed by atoms with E-state index in [1.165, 1.54) is 0 Å². The van der Waals surface area contributed by atoms with Crippen molar-refractivity contribution in [1.82, 2.24) is 20.5 Å². The first-order chi connectivity index (χ1) is 15.0. The minimum Gasteiger partial charge on any atom is -0.464 e. The molecule has 2 amide bonds. The van der Waals surface area contributed by atoms with Crippen LogP contribution in [0.5, 0.6) is 5.19 Å². The van der Waals surface area contributed by atoms with Crippen molar-refractivity contribution >= 4 is 45.7 Å². The normalized spacial score (nSPS) is 16.0. The lowest BCUT2D eigenvalue weighted by Gasteiger charge is -2.34. The van der Waals surface area contributed by atoms with E-state index in [1.54, 1.807) is 37.4 Å². The third-order valence-corrected chi connectivity index (χ3v) is 5.71. The number of amides is 2. The van der Waals surface area contributed by atoms with Crippen molar-refractivity contribution < 1.29 is 14.3 Å². The minimum absolute atomic E-state index is 0.102. The predicted molar refractivity (Wildman–Crippen MR) is 118 cm³/mol. The number of nitrogens with zero attached hydrogens (tertiary/aromatic N) is 4. The largest absolute Gasteiger partial charge is 0.464 e. The molecule has 1 unspecified atom stereocenters. The first-order valence-electron chi connectivity index (χ1n) is 9.53. The molecule has 2 aromatic heterocycles. The van der Waals surface area contributed by atoms with E-state index < -0.39 is 6.04 Å². The number of ether oxygens (including phenoxy) is 1. The van der Waals surface area contributed by atoms with Crippen LogP contribution in [0.25, 0.3) is 0 Å². The Labute approximate surface area is 187 Å². The van der Waals surface area contributed by atoms with Gasteiger partial charge in [-0.05, 0) is 48.1 Å². The number of carbonyl (C=O) groups excluding carboxylic acids is 2. The summed E-state index contributed by atoms with van der Waals surface area (Å²) in [5, 5.41) is 14.7. The van der Waals surface area contributed by atoms with Crippen LogP contribution in [-0.4, -0.2) is 46.1 Å². The molecule has 0 spiro atoms. The maximum absolute atomic E-state index is 12.9. The first-order valence-corrected chi connectivity index (χ1v) is 10.7. The molecule has 160 valence electrons. The standard InChI is InChI=1S/C20H19ClN6O3S/c1-12-17(28)23-9-10-27(12)16-15(3-2-8-22-16)18(29)24-19-25-26-20(31-19)30-11-13-4-6-14(21)7-5-13/h2-8,12H,9-11H2,1H3,(H,23,28)(H,24,25,29). The summed E-state index contributed by atoms with van der Waals surface area (Å²) in [4.78, 5) is 31.1. The van der Waals surface area contributed by atoms with Crippen molar-refractivity contribution in [2.24, 2.45) is 0 Å². The summed E-state index contributed by atoms with van der Waals surface area (Å²) < 4.78 is 5.63. The average molecular weight is 459 g/mol. The molecule has 2 N–H and O–H groups in total. The van der Waals surface area contributed by atoms with Gasteiger partial charge in [0.05, 0.1) is 5.56 Å². The van der Waals surface area contributed by atoms with Crippen LogP contribution in [0, 0.1) is 0 Å². The second kappa shape index (κ2) is 9.27. The van der Waals surface area contributed by atoms with Gasteiger partial charge in [-0.1, -0.05) is 28.8 Å². The van der Waals surface area contributed by atoms with Gasteiger partial charge in [0, 0.05) is 24.3 Å². The van der Waals surface area contributed by atoms with Crippen LogP contribution < -0.4 is 20.3 Å². The number of piperazine rings is 1. The summed E-state index contributed by atoms with van der Waals surface area (Å²) in [6, 6.07) is 10.2. The summed E-state index contributed by atoms with van der Waals surface area (Å²) in [5.41, 5.74) is 1.28. The third-order valence-electron chi connectivity index (χ3n) is 4.70. The molecule has 1 aliphatic heterocycles. The van der Waals surface area contributed by atoms with Gasteiger partial charge in [0.1, 0.15) is 18.5 Å². The van der Waals surface area contributed by atoms with Crippen molar-refractivity contribution in [1.29, 1.82) is 0 Å². The molecule has 11 heteroatoms. The molecule has 0 saturated carbocycles. The smallest absolute Gasteiger partial charge is 0.296 e. The summed E-state index contributed by atoms with van der Waals surface area (Å²) in [6.45, 7) is 3.14. The summed E-state index contributed by atoms with van der Waals surface area (Å²) in [6.07, 6.45) is 1.60. The number of hydrogen-bond acceptors (Lipinski definition) is 8. The van der Waals surface area contributed by atoms with Gasteiger partial charge in [0.15, 0.2) is 0 Å². The Bertz CT molecular complexity index is 1090. The van der Waals surface area contributed by atoms with Crippen LogP contribution >= 0.6 is 22.9 Å². The number of pyridine rings is 1. The summed E-state index contributed by atoms with van der Waals surface area (Å²) in [7, 11) is 0. The molecule has 4 rings (SSSR count). The molecule has 0 aliphatic carbocycles. The van der Waals surface area contributed by atoms with Crippen LogP contribution in [0.2, 0.25) is 5.02 Å². The number of anilines is 2. The lowest BCUT2D eigenvalue weighted by atomic mass is 10.1. The van der Waals surface area contributed by atoms with Gasteiger partial charge in [0.2, 0.25) is 11.0 Å². The zero-order chi connectivity index (χ0) is 21.8. The molecule has 3 heterocycles. The van der Waals surface area contributed by atoms with E-state index in [0.717, 1.165) is 16.9 Å². The highest BCUT2D eigenvalue weighted by Crippen LogP contribution is 2.26. The topological polar surface area (TPSA) is 109 Å². The summed E-state index contributed by atoms with van der Waals surface area (Å²) in [5.74, 6) is -0.0392. The van der Waals surface area contributed by atoms with Gasteiger partial charge in [-0.15, -0.1) is 5.10 Å². The van der Waals surface area contributed by atoms with E-state index in [2.05, 4.69) is 25.8 Å². The zero-order valence-corrected chi connectivity index (χ0v) is 18.1. The molecule has 9 nitrogen and oxygen atoms in total. The Morgan fingerprint density at radius 1 is 1.32 bits per heavy atom. The number of nitrogens with one attached hydrogen (secondary N) is 2. The molecule has 1 atom stereocenters. The van der Waals surface area contributed by atoms with Crippen LogP contribution in [-0.2, 0) is 11.4 Å². The maximum Gasteiger partial charge on any atom is 0.296 e. The van der Waals surface area contributed by atoms with Gasteiger partial charge < -0.3 is 15.0 Å². The molecule has 1 saturated heterocycles. The van der Waals surface area contributed by atoms with Crippen LogP contribution in [0.1, 0.15) is 22.8 Å². The number of carbonyl (C=O) groups is 2. The molecule has 31 heavy (non-hydrogen) atoms. The molecule has 3 aromatic rings. The Kier molecular flexibility index (Phi) is 6.28. The van der Waals surface area contributed by atoms with Gasteiger partial charge in [0.25, 0.3) is 11.1 Å². The van der Waals surface area contributed by atoms with E-state index in [9.17, 15) is 9.59 Å². The monoisotopic (exact) mass is 458 g/mol. The Hall–Kier alpha value is -3.24. The number of hydrogen-bond donors (Lipinski definition) is 2. The highest BCUT2D eigenvalue weighted by molar-refractivity contribution is 7.17. The van der Waals surface area contributed by atoms with Crippen LogP contribution in [0.3, 0.4) is 0 Å². The van der Waals surface area contributed by atoms with Crippen LogP contribution in [0.15, 0.2) is 42.6 Å². The Morgan fingerprint density at radius 2 is 2.13 bits per heavy atom. The van der Waals surface area contributed by atoms with Gasteiger partial charge >= 0.3 is 0 Å². The Balaban J connectivity index is 1.43. The van der Waals surface area contributed by atoms with Crippen molar-refractivity contribution in [3.8, 4) is 5.19 Å². The molecule has 1 fully saturated rings. The SMILES string of the molecule is CC1C(=O)NCCN1c1ncccc1C(=O)Nc1nnc(OCc2ccc(Cl)cc2)s1. The Morgan fingerprint density at radius 3 is 2.94 bits per heavy atom. The lowest BCUT2D eigenvalue weighted by Crippen LogP contribution is -2.54. The molecule has 1 aliphatic rings. The van der Waals surface area contributed by atoms with E-state index in [-0.39, 0.29) is 11.8 Å².